The summed E-state index contributed by atoms with van der Waals surface area (Å²) in [6.07, 6.45) is 2.94. The lowest BCUT2D eigenvalue weighted by molar-refractivity contribution is 1.18. The van der Waals surface area contributed by atoms with Gasteiger partial charge in [-0.25, -0.2) is 15.0 Å². The minimum atomic E-state index is -0.0786. The van der Waals surface area contributed by atoms with Crippen LogP contribution in [-0.2, 0) is 0 Å². The molecule has 0 amide bonds. The molecule has 0 aliphatic heterocycles. The van der Waals surface area contributed by atoms with E-state index in [1.54, 1.807) is 11.3 Å². The van der Waals surface area contributed by atoms with Crippen molar-refractivity contribution in [3.63, 3.8) is 0 Å². The van der Waals surface area contributed by atoms with Crippen molar-refractivity contribution in [3.05, 3.63) is 99.6 Å². The molecule has 4 heterocycles. The SMILES string of the molecule is Clc1ncnc2scc(-c3ccccc3)c12.O=c1[nH]cnc2scc(-c3ccccc3)c12. The Balaban J connectivity index is 0.000000135. The predicted molar refractivity (Wildman–Crippen MR) is 134 cm³/mol. The molecule has 6 aromatic rings. The molecule has 1 N–H and O–H groups in total. The molecule has 156 valence electrons. The summed E-state index contributed by atoms with van der Waals surface area (Å²) < 4.78 is 0. The van der Waals surface area contributed by atoms with Gasteiger partial charge in [0, 0.05) is 21.9 Å². The van der Waals surface area contributed by atoms with Gasteiger partial charge < -0.3 is 4.98 Å². The van der Waals surface area contributed by atoms with Crippen LogP contribution in [0.4, 0.5) is 0 Å². The van der Waals surface area contributed by atoms with E-state index in [0.29, 0.717) is 10.5 Å². The molecule has 0 saturated heterocycles. The number of nitrogens with one attached hydrogen (secondary N) is 1. The van der Waals surface area contributed by atoms with Crippen molar-refractivity contribution >= 4 is 54.7 Å². The molecule has 0 fully saturated rings. The van der Waals surface area contributed by atoms with E-state index in [4.69, 9.17) is 11.6 Å². The van der Waals surface area contributed by atoms with Crippen LogP contribution in [0.1, 0.15) is 0 Å². The van der Waals surface area contributed by atoms with Crippen molar-refractivity contribution in [1.29, 1.82) is 0 Å². The maximum atomic E-state index is 11.7. The molecule has 0 saturated carbocycles. The van der Waals surface area contributed by atoms with Gasteiger partial charge in [-0.15, -0.1) is 22.7 Å². The summed E-state index contributed by atoms with van der Waals surface area (Å²) in [5.41, 5.74) is 4.17. The number of aromatic amines is 1. The van der Waals surface area contributed by atoms with Gasteiger partial charge in [0.15, 0.2) is 0 Å². The molecule has 0 bridgehead atoms. The Kier molecular flexibility index (Phi) is 5.77. The number of fused-ring (bicyclic) bond motifs is 2. The zero-order chi connectivity index (χ0) is 21.9. The standard InChI is InChI=1S/C12H7ClN2S.C12H8N2OS/c13-11-10-9(8-4-2-1-3-5-8)6-16-12(10)15-7-14-11;15-11-10-9(8-4-2-1-3-5-8)6-16-12(10)14-7-13-11/h1-7H;1-7H,(H,13,14,15). The van der Waals surface area contributed by atoms with Gasteiger partial charge in [0.25, 0.3) is 5.56 Å². The molecule has 0 radical (unpaired) electrons. The summed E-state index contributed by atoms with van der Waals surface area (Å²) in [6.45, 7) is 0. The lowest BCUT2D eigenvalue weighted by Crippen LogP contribution is -2.05. The molecule has 5 nitrogen and oxygen atoms in total. The van der Waals surface area contributed by atoms with Gasteiger partial charge in [-0.2, -0.15) is 0 Å². The highest BCUT2D eigenvalue weighted by atomic mass is 35.5. The van der Waals surface area contributed by atoms with Crippen LogP contribution >= 0.6 is 34.3 Å². The smallest absolute Gasteiger partial charge is 0.260 e. The quantitative estimate of drug-likeness (QED) is 0.285. The Bertz CT molecular complexity index is 1560. The van der Waals surface area contributed by atoms with Crippen LogP contribution in [0, 0.1) is 0 Å². The maximum absolute atomic E-state index is 11.7. The number of hydrogen-bond donors (Lipinski definition) is 1. The molecule has 8 heteroatoms. The molecule has 0 spiro atoms. The molecule has 4 aromatic heterocycles. The van der Waals surface area contributed by atoms with E-state index < -0.39 is 0 Å². The van der Waals surface area contributed by atoms with Crippen LogP contribution < -0.4 is 5.56 Å². The third kappa shape index (κ3) is 3.93. The second-order valence-corrected chi connectivity index (χ2v) is 8.86. The molecule has 0 aliphatic rings. The first-order valence-corrected chi connectivity index (χ1v) is 11.8. The fourth-order valence-corrected chi connectivity index (χ4v) is 5.51. The summed E-state index contributed by atoms with van der Waals surface area (Å²) in [7, 11) is 0. The first-order valence-electron chi connectivity index (χ1n) is 9.66. The Morgan fingerprint density at radius 3 is 1.91 bits per heavy atom. The minimum Gasteiger partial charge on any atom is -0.313 e. The number of halogens is 1. The summed E-state index contributed by atoms with van der Waals surface area (Å²) >= 11 is 9.19. The van der Waals surface area contributed by atoms with Gasteiger partial charge in [-0.1, -0.05) is 72.3 Å². The van der Waals surface area contributed by atoms with Crippen molar-refractivity contribution in [3.8, 4) is 22.3 Å². The average Bonchev–Trinajstić information content (AvgIpc) is 3.47. The fourth-order valence-electron chi connectivity index (χ4n) is 3.38. The van der Waals surface area contributed by atoms with Crippen molar-refractivity contribution in [2.45, 2.75) is 0 Å². The maximum Gasteiger partial charge on any atom is 0.260 e. The Morgan fingerprint density at radius 2 is 1.28 bits per heavy atom. The van der Waals surface area contributed by atoms with E-state index >= 15 is 0 Å². The van der Waals surface area contributed by atoms with Crippen LogP contribution in [-0.4, -0.2) is 19.9 Å². The molecule has 0 atom stereocenters. The van der Waals surface area contributed by atoms with Gasteiger partial charge in [-0.05, 0) is 11.1 Å². The van der Waals surface area contributed by atoms with Crippen LogP contribution in [0.15, 0.2) is 88.9 Å². The van der Waals surface area contributed by atoms with E-state index in [9.17, 15) is 4.79 Å². The predicted octanol–water partition coefficient (Wildman–Crippen LogP) is 6.66. The van der Waals surface area contributed by atoms with Crippen molar-refractivity contribution in [1.82, 2.24) is 19.9 Å². The summed E-state index contributed by atoms with van der Waals surface area (Å²) in [4.78, 5) is 28.5. The normalized spacial score (nSPS) is 10.8. The minimum absolute atomic E-state index is 0.0786. The third-order valence-corrected chi connectivity index (χ3v) is 6.93. The number of benzene rings is 2. The Labute approximate surface area is 196 Å². The third-order valence-electron chi connectivity index (χ3n) is 4.87. The van der Waals surface area contributed by atoms with E-state index in [0.717, 1.165) is 37.3 Å². The molecular weight excluding hydrogens is 460 g/mol. The van der Waals surface area contributed by atoms with E-state index in [2.05, 4.69) is 37.4 Å². The molecule has 0 aliphatic carbocycles. The van der Waals surface area contributed by atoms with Gasteiger partial charge in [0.05, 0.1) is 17.1 Å². The Hall–Kier alpha value is -3.39. The highest BCUT2D eigenvalue weighted by Gasteiger charge is 2.11. The van der Waals surface area contributed by atoms with Gasteiger partial charge >= 0.3 is 0 Å². The zero-order valence-corrected chi connectivity index (χ0v) is 18.9. The molecule has 0 unspecified atom stereocenters. The number of H-pyrrole nitrogens is 1. The summed E-state index contributed by atoms with van der Waals surface area (Å²) in [5.74, 6) is 0. The van der Waals surface area contributed by atoms with Gasteiger partial charge in [-0.3, -0.25) is 4.79 Å². The molecular formula is C24H15ClN4OS2. The van der Waals surface area contributed by atoms with Crippen molar-refractivity contribution in [2.75, 3.05) is 0 Å². The van der Waals surface area contributed by atoms with Crippen molar-refractivity contribution < 1.29 is 0 Å². The second-order valence-electron chi connectivity index (χ2n) is 6.79. The second kappa shape index (κ2) is 9.00. The summed E-state index contributed by atoms with van der Waals surface area (Å²) in [5, 5.41) is 6.19. The lowest BCUT2D eigenvalue weighted by Gasteiger charge is -1.99. The van der Waals surface area contributed by atoms with E-state index in [1.807, 2.05) is 53.9 Å². The highest BCUT2D eigenvalue weighted by molar-refractivity contribution is 7.17. The van der Waals surface area contributed by atoms with Gasteiger partial charge in [0.2, 0.25) is 0 Å². The number of thiophene rings is 2. The monoisotopic (exact) mass is 474 g/mol. The van der Waals surface area contributed by atoms with E-state index in [1.165, 1.54) is 24.0 Å². The first kappa shape index (κ1) is 20.5. The largest absolute Gasteiger partial charge is 0.313 e. The Morgan fingerprint density at radius 1 is 0.719 bits per heavy atom. The molecule has 6 rings (SSSR count). The highest BCUT2D eigenvalue weighted by Crippen LogP contribution is 2.35. The zero-order valence-electron chi connectivity index (χ0n) is 16.5. The number of rotatable bonds is 2. The summed E-state index contributed by atoms with van der Waals surface area (Å²) in [6, 6.07) is 20.0. The van der Waals surface area contributed by atoms with Crippen LogP contribution in [0.25, 0.3) is 42.7 Å². The van der Waals surface area contributed by atoms with Crippen molar-refractivity contribution in [2.24, 2.45) is 0 Å². The van der Waals surface area contributed by atoms with Crippen LogP contribution in [0.3, 0.4) is 0 Å². The number of nitrogens with zero attached hydrogens (tertiary/aromatic N) is 3. The number of aromatic nitrogens is 4. The molecule has 32 heavy (non-hydrogen) atoms. The fraction of sp³-hybridized carbons (Fsp3) is 0. The molecule has 2 aromatic carbocycles. The van der Waals surface area contributed by atoms with Gasteiger partial charge in [0.1, 0.15) is 21.1 Å². The average molecular weight is 475 g/mol. The lowest BCUT2D eigenvalue weighted by atomic mass is 10.1. The van der Waals surface area contributed by atoms with Crippen LogP contribution in [0.5, 0.6) is 0 Å². The topological polar surface area (TPSA) is 71.5 Å². The number of hydrogen-bond acceptors (Lipinski definition) is 6. The first-order chi connectivity index (χ1) is 15.7. The van der Waals surface area contributed by atoms with Crippen LogP contribution in [0.2, 0.25) is 5.15 Å². The van der Waals surface area contributed by atoms with E-state index in [-0.39, 0.29) is 5.56 Å².